The van der Waals surface area contributed by atoms with Gasteiger partial charge in [0.25, 0.3) is 5.91 Å². The first-order valence-corrected chi connectivity index (χ1v) is 6.54. The second kappa shape index (κ2) is 6.38. The fourth-order valence-corrected chi connectivity index (χ4v) is 2.24. The maximum Gasteiger partial charge on any atom is 0.256 e. The molecule has 20 heavy (non-hydrogen) atoms. The number of ether oxygens (including phenoxy) is 1. The normalized spacial score (nSPS) is 15.2. The fourth-order valence-electron chi connectivity index (χ4n) is 2.24. The molecule has 0 bridgehead atoms. The number of methoxy groups -OCH3 is 1. The zero-order chi connectivity index (χ0) is 14.5. The van der Waals surface area contributed by atoms with Crippen molar-refractivity contribution in [2.24, 2.45) is 0 Å². The molecular weight excluding hydrogens is 258 g/mol. The molecule has 0 atom stereocenters. The van der Waals surface area contributed by atoms with Gasteiger partial charge in [-0.2, -0.15) is 0 Å². The molecule has 0 radical (unpaired) electrons. The van der Waals surface area contributed by atoms with Gasteiger partial charge in [0.05, 0.1) is 5.56 Å². The Morgan fingerprint density at radius 1 is 1.15 bits per heavy atom. The maximum absolute atomic E-state index is 12.3. The Hall–Kier alpha value is -2.08. The van der Waals surface area contributed by atoms with Gasteiger partial charge in [0.1, 0.15) is 6.61 Å². The minimum absolute atomic E-state index is 0.0428. The molecule has 2 N–H and O–H groups in total. The summed E-state index contributed by atoms with van der Waals surface area (Å²) in [5, 5.41) is 0. The van der Waals surface area contributed by atoms with Crippen molar-refractivity contribution in [3.8, 4) is 0 Å². The van der Waals surface area contributed by atoms with E-state index in [0.717, 1.165) is 0 Å². The van der Waals surface area contributed by atoms with Crippen LogP contribution in [0.5, 0.6) is 0 Å². The van der Waals surface area contributed by atoms with Crippen LogP contribution in [0.4, 0.5) is 5.69 Å². The summed E-state index contributed by atoms with van der Waals surface area (Å²) < 4.78 is 4.83. The lowest BCUT2D eigenvalue weighted by molar-refractivity contribution is -0.136. The number of nitrogen functional groups attached to an aromatic ring is 1. The van der Waals surface area contributed by atoms with Crippen LogP contribution in [-0.4, -0.2) is 61.5 Å². The molecule has 0 saturated carbocycles. The van der Waals surface area contributed by atoms with Crippen LogP contribution in [0.15, 0.2) is 24.3 Å². The van der Waals surface area contributed by atoms with Crippen LogP contribution >= 0.6 is 0 Å². The average Bonchev–Trinajstić information content (AvgIpc) is 2.47. The van der Waals surface area contributed by atoms with Crippen molar-refractivity contribution in [1.29, 1.82) is 0 Å². The zero-order valence-corrected chi connectivity index (χ0v) is 11.5. The van der Waals surface area contributed by atoms with Crippen LogP contribution in [0, 0.1) is 0 Å². The van der Waals surface area contributed by atoms with Gasteiger partial charge in [-0.15, -0.1) is 0 Å². The van der Waals surface area contributed by atoms with Crippen LogP contribution < -0.4 is 5.73 Å². The van der Waals surface area contributed by atoms with Gasteiger partial charge in [0, 0.05) is 39.0 Å². The molecule has 1 aliphatic rings. The number of anilines is 1. The standard InChI is InChI=1S/C14H19N3O3/c1-20-10-13(18)16-6-8-17(9-7-16)14(19)11-4-2-3-5-12(11)15/h2-5H,6-10,15H2,1H3. The smallest absolute Gasteiger partial charge is 0.256 e. The quantitative estimate of drug-likeness (QED) is 0.801. The lowest BCUT2D eigenvalue weighted by atomic mass is 10.1. The summed E-state index contributed by atoms with van der Waals surface area (Å²) in [6.45, 7) is 2.17. The molecule has 1 heterocycles. The van der Waals surface area contributed by atoms with Crippen molar-refractivity contribution < 1.29 is 14.3 Å². The molecule has 0 aromatic heterocycles. The molecule has 108 valence electrons. The predicted octanol–water partition coefficient (Wildman–Crippen LogP) is 0.200. The Morgan fingerprint density at radius 2 is 1.75 bits per heavy atom. The first kappa shape index (κ1) is 14.3. The summed E-state index contributed by atoms with van der Waals surface area (Å²) in [5.41, 5.74) is 6.81. The lowest BCUT2D eigenvalue weighted by Gasteiger charge is -2.34. The Bertz CT molecular complexity index is 496. The van der Waals surface area contributed by atoms with Gasteiger partial charge in [-0.05, 0) is 12.1 Å². The molecule has 1 fully saturated rings. The highest BCUT2D eigenvalue weighted by atomic mass is 16.5. The van der Waals surface area contributed by atoms with Gasteiger partial charge in [-0.1, -0.05) is 12.1 Å². The maximum atomic E-state index is 12.3. The third-order valence-corrected chi connectivity index (χ3v) is 3.38. The van der Waals surface area contributed by atoms with Gasteiger partial charge < -0.3 is 20.3 Å². The summed E-state index contributed by atoms with van der Waals surface area (Å²) in [6, 6.07) is 7.03. The SMILES string of the molecule is COCC(=O)N1CCN(C(=O)c2ccccc2N)CC1. The van der Waals surface area contributed by atoms with Crippen LogP contribution in [0.1, 0.15) is 10.4 Å². The van der Waals surface area contributed by atoms with E-state index in [0.29, 0.717) is 37.4 Å². The highest BCUT2D eigenvalue weighted by molar-refractivity contribution is 5.99. The number of nitrogens with two attached hydrogens (primary N) is 1. The predicted molar refractivity (Wildman–Crippen MR) is 75.2 cm³/mol. The Morgan fingerprint density at radius 3 is 2.35 bits per heavy atom. The number of piperazine rings is 1. The van der Waals surface area contributed by atoms with Gasteiger partial charge in [-0.3, -0.25) is 9.59 Å². The largest absolute Gasteiger partial charge is 0.398 e. The molecule has 1 aromatic rings. The summed E-state index contributed by atoms with van der Waals surface area (Å²) in [5.74, 6) is -0.124. The third-order valence-electron chi connectivity index (χ3n) is 3.38. The van der Waals surface area contributed by atoms with E-state index < -0.39 is 0 Å². The Kier molecular flexibility index (Phi) is 4.57. The number of carbonyl (C=O) groups excluding carboxylic acids is 2. The highest BCUT2D eigenvalue weighted by Crippen LogP contribution is 2.15. The van der Waals surface area contributed by atoms with Gasteiger partial charge in [0.15, 0.2) is 0 Å². The van der Waals surface area contributed by atoms with Gasteiger partial charge in [-0.25, -0.2) is 0 Å². The summed E-state index contributed by atoms with van der Waals surface area (Å²) in [4.78, 5) is 27.5. The lowest BCUT2D eigenvalue weighted by Crippen LogP contribution is -2.51. The highest BCUT2D eigenvalue weighted by Gasteiger charge is 2.25. The number of nitrogens with zero attached hydrogens (tertiary/aromatic N) is 2. The van der Waals surface area contributed by atoms with E-state index in [1.807, 2.05) is 0 Å². The molecule has 1 aromatic carbocycles. The second-order valence-corrected chi connectivity index (χ2v) is 4.69. The Balaban J connectivity index is 1.96. The molecule has 0 aliphatic carbocycles. The molecule has 0 spiro atoms. The molecule has 0 unspecified atom stereocenters. The number of carbonyl (C=O) groups is 2. The van der Waals surface area contributed by atoms with Gasteiger partial charge in [0.2, 0.25) is 5.91 Å². The van der Waals surface area contributed by atoms with E-state index in [1.54, 1.807) is 34.1 Å². The van der Waals surface area contributed by atoms with Crippen molar-refractivity contribution in [2.45, 2.75) is 0 Å². The van der Waals surface area contributed by atoms with Crippen molar-refractivity contribution in [1.82, 2.24) is 9.80 Å². The molecule has 1 aliphatic heterocycles. The molecule has 1 saturated heterocycles. The first-order valence-electron chi connectivity index (χ1n) is 6.54. The molecule has 2 rings (SSSR count). The number of amides is 2. The molecule has 6 heteroatoms. The summed E-state index contributed by atoms with van der Waals surface area (Å²) >= 11 is 0. The zero-order valence-electron chi connectivity index (χ0n) is 11.5. The fraction of sp³-hybridized carbons (Fsp3) is 0.429. The summed E-state index contributed by atoms with van der Waals surface area (Å²) in [6.07, 6.45) is 0. The van der Waals surface area contributed by atoms with Crippen molar-refractivity contribution in [3.63, 3.8) is 0 Å². The van der Waals surface area contributed by atoms with E-state index in [4.69, 9.17) is 10.5 Å². The summed E-state index contributed by atoms with van der Waals surface area (Å²) in [7, 11) is 1.50. The first-order chi connectivity index (χ1) is 9.63. The molecular formula is C14H19N3O3. The van der Waals surface area contributed by atoms with E-state index in [-0.39, 0.29) is 18.4 Å². The van der Waals surface area contributed by atoms with E-state index in [1.165, 1.54) is 7.11 Å². The Labute approximate surface area is 118 Å². The van der Waals surface area contributed by atoms with Crippen LogP contribution in [0.2, 0.25) is 0 Å². The molecule has 6 nitrogen and oxygen atoms in total. The number of benzene rings is 1. The van der Waals surface area contributed by atoms with Crippen molar-refractivity contribution >= 4 is 17.5 Å². The number of hydrogen-bond acceptors (Lipinski definition) is 4. The number of rotatable bonds is 3. The van der Waals surface area contributed by atoms with E-state index in [2.05, 4.69) is 0 Å². The minimum atomic E-state index is -0.0815. The van der Waals surface area contributed by atoms with Crippen LogP contribution in [-0.2, 0) is 9.53 Å². The van der Waals surface area contributed by atoms with Crippen LogP contribution in [0.25, 0.3) is 0 Å². The third kappa shape index (κ3) is 3.08. The number of para-hydroxylation sites is 1. The van der Waals surface area contributed by atoms with Crippen LogP contribution in [0.3, 0.4) is 0 Å². The number of hydrogen-bond donors (Lipinski definition) is 1. The van der Waals surface area contributed by atoms with Gasteiger partial charge >= 0.3 is 0 Å². The average molecular weight is 277 g/mol. The van der Waals surface area contributed by atoms with Crippen molar-refractivity contribution in [2.75, 3.05) is 45.6 Å². The van der Waals surface area contributed by atoms with E-state index >= 15 is 0 Å². The topological polar surface area (TPSA) is 75.9 Å². The molecule has 2 amide bonds. The van der Waals surface area contributed by atoms with E-state index in [9.17, 15) is 9.59 Å². The van der Waals surface area contributed by atoms with Crippen molar-refractivity contribution in [3.05, 3.63) is 29.8 Å². The second-order valence-electron chi connectivity index (χ2n) is 4.69. The minimum Gasteiger partial charge on any atom is -0.398 e. The monoisotopic (exact) mass is 277 g/mol.